The lowest BCUT2D eigenvalue weighted by atomic mass is 10.2. The van der Waals surface area contributed by atoms with Crippen LogP contribution >= 0.6 is 0 Å². The van der Waals surface area contributed by atoms with E-state index in [1.807, 2.05) is 6.20 Å². The van der Waals surface area contributed by atoms with E-state index in [9.17, 15) is 0 Å². The van der Waals surface area contributed by atoms with Crippen LogP contribution in [0.1, 0.15) is 23.7 Å². The van der Waals surface area contributed by atoms with Gasteiger partial charge in [0.2, 0.25) is 0 Å². The minimum absolute atomic E-state index is 0.483. The van der Waals surface area contributed by atoms with Crippen molar-refractivity contribution in [3.63, 3.8) is 0 Å². The molecule has 1 unspecified atom stereocenters. The molecule has 0 radical (unpaired) electrons. The summed E-state index contributed by atoms with van der Waals surface area (Å²) < 4.78 is 2.06. The molecule has 1 atom stereocenters. The van der Waals surface area contributed by atoms with Gasteiger partial charge in [0, 0.05) is 19.6 Å². The second-order valence-corrected chi connectivity index (χ2v) is 4.98. The summed E-state index contributed by atoms with van der Waals surface area (Å²) in [5.74, 6) is 0. The standard InChI is InChI=1S/C14H18N4/c1-12-9-15-16-18(12)14-7-8-17(11-14)10-13-5-3-2-4-6-13/h2-6,9,14H,7-8,10-11H2,1H3. The van der Waals surface area contributed by atoms with E-state index in [2.05, 4.69) is 57.1 Å². The Balaban J connectivity index is 1.64. The third-order valence-corrected chi connectivity index (χ3v) is 3.60. The van der Waals surface area contributed by atoms with Crippen molar-refractivity contribution < 1.29 is 0 Å². The van der Waals surface area contributed by atoms with E-state index in [0.717, 1.165) is 31.7 Å². The Bertz CT molecular complexity index is 506. The van der Waals surface area contributed by atoms with Crippen LogP contribution in [0.4, 0.5) is 0 Å². The molecule has 2 heterocycles. The Labute approximate surface area is 107 Å². The molecule has 2 aromatic rings. The second kappa shape index (κ2) is 4.90. The summed E-state index contributed by atoms with van der Waals surface area (Å²) in [6.07, 6.45) is 3.00. The van der Waals surface area contributed by atoms with Crippen LogP contribution in [0.5, 0.6) is 0 Å². The molecule has 18 heavy (non-hydrogen) atoms. The fraction of sp³-hybridized carbons (Fsp3) is 0.429. The maximum absolute atomic E-state index is 4.18. The van der Waals surface area contributed by atoms with Gasteiger partial charge in [-0.3, -0.25) is 4.90 Å². The Hall–Kier alpha value is -1.68. The van der Waals surface area contributed by atoms with Crippen molar-refractivity contribution in [1.29, 1.82) is 0 Å². The summed E-state index contributed by atoms with van der Waals surface area (Å²) in [5, 5.41) is 8.15. The van der Waals surface area contributed by atoms with E-state index < -0.39 is 0 Å². The highest BCUT2D eigenvalue weighted by molar-refractivity contribution is 5.14. The molecular weight excluding hydrogens is 224 g/mol. The highest BCUT2D eigenvalue weighted by atomic mass is 15.4. The number of hydrogen-bond acceptors (Lipinski definition) is 3. The Morgan fingerprint density at radius 2 is 2.11 bits per heavy atom. The minimum atomic E-state index is 0.483. The number of rotatable bonds is 3. The fourth-order valence-electron chi connectivity index (χ4n) is 2.65. The molecule has 1 aliphatic heterocycles. The van der Waals surface area contributed by atoms with Crippen LogP contribution in [0.25, 0.3) is 0 Å². The predicted octanol–water partition coefficient (Wildman–Crippen LogP) is 2.03. The number of aryl methyl sites for hydroxylation is 1. The molecule has 4 nitrogen and oxygen atoms in total. The number of likely N-dealkylation sites (tertiary alicyclic amines) is 1. The van der Waals surface area contributed by atoms with Gasteiger partial charge in [-0.25, -0.2) is 4.68 Å². The lowest BCUT2D eigenvalue weighted by Crippen LogP contribution is -2.22. The van der Waals surface area contributed by atoms with E-state index >= 15 is 0 Å². The van der Waals surface area contributed by atoms with Gasteiger partial charge in [0.1, 0.15) is 0 Å². The zero-order valence-corrected chi connectivity index (χ0v) is 10.7. The van der Waals surface area contributed by atoms with E-state index in [4.69, 9.17) is 0 Å². The first-order chi connectivity index (χ1) is 8.83. The fourth-order valence-corrected chi connectivity index (χ4v) is 2.65. The van der Waals surface area contributed by atoms with Crippen molar-refractivity contribution in [2.75, 3.05) is 13.1 Å². The van der Waals surface area contributed by atoms with Crippen molar-refractivity contribution in [2.24, 2.45) is 0 Å². The van der Waals surface area contributed by atoms with Crippen molar-refractivity contribution in [2.45, 2.75) is 25.9 Å². The third-order valence-electron chi connectivity index (χ3n) is 3.60. The van der Waals surface area contributed by atoms with E-state index in [1.165, 1.54) is 5.56 Å². The summed E-state index contributed by atoms with van der Waals surface area (Å²) in [6, 6.07) is 11.1. The summed E-state index contributed by atoms with van der Waals surface area (Å²) in [7, 11) is 0. The van der Waals surface area contributed by atoms with Gasteiger partial charge in [-0.1, -0.05) is 35.5 Å². The molecule has 1 aliphatic rings. The SMILES string of the molecule is Cc1cnnn1C1CCN(Cc2ccccc2)C1. The highest BCUT2D eigenvalue weighted by Crippen LogP contribution is 2.23. The van der Waals surface area contributed by atoms with E-state index in [-0.39, 0.29) is 0 Å². The Morgan fingerprint density at radius 1 is 1.28 bits per heavy atom. The normalized spacial score (nSPS) is 20.4. The molecule has 1 saturated heterocycles. The maximum atomic E-state index is 4.18. The largest absolute Gasteiger partial charge is 0.297 e. The van der Waals surface area contributed by atoms with Crippen LogP contribution in [0.3, 0.4) is 0 Å². The van der Waals surface area contributed by atoms with Crippen LogP contribution in [0.15, 0.2) is 36.5 Å². The van der Waals surface area contributed by atoms with Gasteiger partial charge in [-0.15, -0.1) is 5.10 Å². The first kappa shape index (κ1) is 11.4. The first-order valence-electron chi connectivity index (χ1n) is 6.46. The molecule has 1 fully saturated rings. The monoisotopic (exact) mass is 242 g/mol. The van der Waals surface area contributed by atoms with Gasteiger partial charge < -0.3 is 0 Å². The third kappa shape index (κ3) is 2.29. The molecule has 0 spiro atoms. The van der Waals surface area contributed by atoms with Crippen LogP contribution in [0.2, 0.25) is 0 Å². The number of aromatic nitrogens is 3. The molecule has 3 rings (SSSR count). The van der Waals surface area contributed by atoms with Gasteiger partial charge in [0.25, 0.3) is 0 Å². The van der Waals surface area contributed by atoms with Crippen LogP contribution < -0.4 is 0 Å². The molecule has 0 bridgehead atoms. The molecule has 0 N–H and O–H groups in total. The molecule has 0 saturated carbocycles. The number of hydrogen-bond donors (Lipinski definition) is 0. The number of nitrogens with zero attached hydrogens (tertiary/aromatic N) is 4. The summed E-state index contributed by atoms with van der Waals surface area (Å²) in [6.45, 7) is 5.31. The van der Waals surface area contributed by atoms with Gasteiger partial charge in [-0.2, -0.15) is 0 Å². The lowest BCUT2D eigenvalue weighted by molar-refractivity contribution is 0.309. The number of benzene rings is 1. The van der Waals surface area contributed by atoms with Gasteiger partial charge >= 0.3 is 0 Å². The average Bonchev–Trinajstić information content (AvgIpc) is 2.99. The van der Waals surface area contributed by atoms with Crippen LogP contribution in [-0.2, 0) is 6.54 Å². The minimum Gasteiger partial charge on any atom is -0.297 e. The van der Waals surface area contributed by atoms with Gasteiger partial charge in [-0.05, 0) is 18.9 Å². The first-order valence-corrected chi connectivity index (χ1v) is 6.46. The maximum Gasteiger partial charge on any atom is 0.0722 e. The lowest BCUT2D eigenvalue weighted by Gasteiger charge is -2.16. The van der Waals surface area contributed by atoms with Gasteiger partial charge in [0.15, 0.2) is 0 Å². The zero-order valence-electron chi connectivity index (χ0n) is 10.7. The van der Waals surface area contributed by atoms with Crippen molar-refractivity contribution in [3.05, 3.63) is 47.8 Å². The quantitative estimate of drug-likeness (QED) is 0.826. The van der Waals surface area contributed by atoms with Crippen molar-refractivity contribution >= 4 is 0 Å². The molecule has 4 heteroatoms. The molecule has 94 valence electrons. The molecule has 0 aliphatic carbocycles. The smallest absolute Gasteiger partial charge is 0.0722 e. The van der Waals surface area contributed by atoms with Gasteiger partial charge in [0.05, 0.1) is 17.9 Å². The molecular formula is C14H18N4. The summed E-state index contributed by atoms with van der Waals surface area (Å²) in [4.78, 5) is 2.49. The summed E-state index contributed by atoms with van der Waals surface area (Å²) in [5.41, 5.74) is 2.54. The highest BCUT2D eigenvalue weighted by Gasteiger charge is 2.25. The predicted molar refractivity (Wildman–Crippen MR) is 70.1 cm³/mol. The zero-order chi connectivity index (χ0) is 12.4. The Kier molecular flexibility index (Phi) is 3.11. The molecule has 1 aromatic heterocycles. The van der Waals surface area contributed by atoms with Crippen LogP contribution in [-0.4, -0.2) is 33.0 Å². The summed E-state index contributed by atoms with van der Waals surface area (Å²) >= 11 is 0. The topological polar surface area (TPSA) is 34.0 Å². The second-order valence-electron chi connectivity index (χ2n) is 4.98. The molecule has 1 aromatic carbocycles. The average molecular weight is 242 g/mol. The van der Waals surface area contributed by atoms with Crippen molar-refractivity contribution in [3.8, 4) is 0 Å². The molecule has 0 amide bonds. The van der Waals surface area contributed by atoms with E-state index in [1.54, 1.807) is 0 Å². The van der Waals surface area contributed by atoms with Crippen LogP contribution in [0, 0.1) is 6.92 Å². The van der Waals surface area contributed by atoms with Crippen molar-refractivity contribution in [1.82, 2.24) is 19.9 Å². The Morgan fingerprint density at radius 3 is 2.83 bits per heavy atom. The van der Waals surface area contributed by atoms with E-state index in [0.29, 0.717) is 6.04 Å².